The van der Waals surface area contributed by atoms with Crippen LogP contribution in [0.15, 0.2) is 24.3 Å². The molecular weight excluding hydrogens is 234 g/mol. The lowest BCUT2D eigenvalue weighted by atomic mass is 10.0. The molecule has 1 aromatic carbocycles. The van der Waals surface area contributed by atoms with Gasteiger partial charge in [0.2, 0.25) is 0 Å². The van der Waals surface area contributed by atoms with Crippen LogP contribution in [-0.4, -0.2) is 4.98 Å². The zero-order valence-corrected chi connectivity index (χ0v) is 12.0. The van der Waals surface area contributed by atoms with Crippen molar-refractivity contribution in [1.29, 1.82) is 0 Å². The van der Waals surface area contributed by atoms with Gasteiger partial charge in [-0.15, -0.1) is 0 Å². The number of nitrogens with zero attached hydrogens (tertiary/aromatic N) is 1. The van der Waals surface area contributed by atoms with Gasteiger partial charge < -0.3 is 5.43 Å². The predicted octanol–water partition coefficient (Wildman–Crippen LogP) is 3.67. The first-order valence-electron chi connectivity index (χ1n) is 7.03. The van der Waals surface area contributed by atoms with Crippen molar-refractivity contribution in [2.24, 2.45) is 11.8 Å². The maximum Gasteiger partial charge on any atom is 0.0758 e. The highest BCUT2D eigenvalue weighted by Gasteiger charge is 2.09. The van der Waals surface area contributed by atoms with E-state index < -0.39 is 0 Å². The summed E-state index contributed by atoms with van der Waals surface area (Å²) >= 11 is 0. The van der Waals surface area contributed by atoms with Crippen molar-refractivity contribution in [1.82, 2.24) is 4.98 Å². The van der Waals surface area contributed by atoms with E-state index in [1.165, 1.54) is 5.56 Å². The molecule has 0 saturated carbocycles. The summed E-state index contributed by atoms with van der Waals surface area (Å²) in [7, 11) is 0. The summed E-state index contributed by atoms with van der Waals surface area (Å²) in [6.07, 6.45) is 3.16. The van der Waals surface area contributed by atoms with Gasteiger partial charge >= 0.3 is 0 Å². The molecule has 1 heterocycles. The Labute approximate surface area is 115 Å². The molecule has 2 rings (SSSR count). The van der Waals surface area contributed by atoms with Gasteiger partial charge in [-0.3, -0.25) is 10.8 Å². The van der Waals surface area contributed by atoms with Gasteiger partial charge in [0.15, 0.2) is 0 Å². The van der Waals surface area contributed by atoms with Crippen molar-refractivity contribution in [2.45, 2.75) is 40.0 Å². The number of aromatic nitrogens is 1. The lowest BCUT2D eigenvalue weighted by Gasteiger charge is -2.13. The summed E-state index contributed by atoms with van der Waals surface area (Å²) in [5, 5.41) is 1.11. The van der Waals surface area contributed by atoms with E-state index in [1.54, 1.807) is 0 Å². The number of para-hydroxylation sites is 1. The molecule has 0 fully saturated rings. The molecule has 2 aromatic rings. The van der Waals surface area contributed by atoms with E-state index in [9.17, 15) is 0 Å². The Kier molecular flexibility index (Phi) is 4.38. The van der Waals surface area contributed by atoms with E-state index in [-0.39, 0.29) is 0 Å². The molecule has 0 atom stereocenters. The molecule has 19 heavy (non-hydrogen) atoms. The summed E-state index contributed by atoms with van der Waals surface area (Å²) in [6.45, 7) is 6.61. The molecule has 1 aromatic heterocycles. The number of hydrogen-bond donors (Lipinski definition) is 2. The Bertz CT molecular complexity index is 561. The van der Waals surface area contributed by atoms with E-state index >= 15 is 0 Å². The number of anilines is 1. The minimum absolute atomic E-state index is 0.592. The van der Waals surface area contributed by atoms with Crippen LogP contribution in [0.25, 0.3) is 10.9 Å². The van der Waals surface area contributed by atoms with Crippen LogP contribution in [0.1, 0.15) is 38.4 Å². The molecule has 3 nitrogen and oxygen atoms in total. The fraction of sp³-hybridized carbons (Fsp3) is 0.438. The van der Waals surface area contributed by atoms with E-state index in [4.69, 9.17) is 10.8 Å². The van der Waals surface area contributed by atoms with Gasteiger partial charge in [0, 0.05) is 11.1 Å². The lowest BCUT2D eigenvalue weighted by Crippen LogP contribution is -2.09. The third-order valence-corrected chi connectivity index (χ3v) is 3.27. The fourth-order valence-electron chi connectivity index (χ4n) is 2.47. The minimum Gasteiger partial charge on any atom is -0.323 e. The molecule has 0 spiro atoms. The average Bonchev–Trinajstić information content (AvgIpc) is 2.38. The highest BCUT2D eigenvalue weighted by molar-refractivity contribution is 5.93. The third kappa shape index (κ3) is 3.04. The Morgan fingerprint density at radius 1 is 1.32 bits per heavy atom. The van der Waals surface area contributed by atoms with E-state index in [0.29, 0.717) is 5.92 Å². The fourth-order valence-corrected chi connectivity index (χ4v) is 2.47. The first kappa shape index (κ1) is 13.8. The van der Waals surface area contributed by atoms with E-state index in [2.05, 4.69) is 50.5 Å². The Morgan fingerprint density at radius 2 is 2.11 bits per heavy atom. The largest absolute Gasteiger partial charge is 0.323 e. The van der Waals surface area contributed by atoms with Gasteiger partial charge in [-0.05, 0) is 30.4 Å². The molecular formula is C16H23N3. The minimum atomic E-state index is 0.592. The smallest absolute Gasteiger partial charge is 0.0758 e. The number of nitrogens with two attached hydrogens (primary N) is 1. The molecule has 102 valence electrons. The highest BCUT2D eigenvalue weighted by Crippen LogP contribution is 2.26. The zero-order valence-electron chi connectivity index (χ0n) is 12.0. The molecule has 3 N–H and O–H groups in total. The van der Waals surface area contributed by atoms with Gasteiger partial charge in [-0.2, -0.15) is 0 Å². The van der Waals surface area contributed by atoms with E-state index in [1.807, 2.05) is 0 Å². The van der Waals surface area contributed by atoms with Crippen molar-refractivity contribution < 1.29 is 0 Å². The number of aryl methyl sites for hydroxylation is 1. The molecule has 0 aliphatic carbocycles. The molecule has 0 aliphatic rings. The number of benzene rings is 1. The second kappa shape index (κ2) is 6.02. The normalized spacial score (nSPS) is 11.2. The SMILES string of the molecule is CCCc1cccc2c(NN)cc(CC(C)C)nc12. The van der Waals surface area contributed by atoms with Crippen molar-refractivity contribution >= 4 is 16.6 Å². The maximum atomic E-state index is 5.66. The van der Waals surface area contributed by atoms with Crippen LogP contribution in [0.4, 0.5) is 5.69 Å². The number of nitrogens with one attached hydrogen (secondary N) is 1. The van der Waals surface area contributed by atoms with Crippen LogP contribution in [0, 0.1) is 5.92 Å². The highest BCUT2D eigenvalue weighted by atomic mass is 15.2. The Hall–Kier alpha value is -1.61. The molecule has 0 unspecified atom stereocenters. The van der Waals surface area contributed by atoms with Crippen LogP contribution in [0.3, 0.4) is 0 Å². The van der Waals surface area contributed by atoms with Gasteiger partial charge in [0.1, 0.15) is 0 Å². The number of rotatable bonds is 5. The van der Waals surface area contributed by atoms with Crippen molar-refractivity contribution in [3.05, 3.63) is 35.5 Å². The Balaban J connectivity index is 2.60. The summed E-state index contributed by atoms with van der Waals surface area (Å²) in [6, 6.07) is 8.39. The predicted molar refractivity (Wildman–Crippen MR) is 82.1 cm³/mol. The van der Waals surface area contributed by atoms with Crippen molar-refractivity contribution in [3.8, 4) is 0 Å². The quantitative estimate of drug-likeness (QED) is 0.634. The maximum absolute atomic E-state index is 5.66. The summed E-state index contributed by atoms with van der Waals surface area (Å²) < 4.78 is 0. The summed E-state index contributed by atoms with van der Waals surface area (Å²) in [5.74, 6) is 6.25. The molecule has 0 saturated heterocycles. The van der Waals surface area contributed by atoms with Crippen molar-refractivity contribution in [2.75, 3.05) is 5.43 Å². The molecule has 3 heteroatoms. The standard InChI is InChI=1S/C16H23N3/c1-4-6-12-7-5-8-14-15(19-17)10-13(9-11(2)3)18-16(12)14/h5,7-8,10-11H,4,6,9,17H2,1-3H3,(H,18,19). The molecule has 0 amide bonds. The first-order chi connectivity index (χ1) is 9.15. The van der Waals surface area contributed by atoms with Crippen LogP contribution >= 0.6 is 0 Å². The van der Waals surface area contributed by atoms with Gasteiger partial charge in [-0.25, -0.2) is 0 Å². The van der Waals surface area contributed by atoms with Crippen LogP contribution in [0.2, 0.25) is 0 Å². The van der Waals surface area contributed by atoms with Gasteiger partial charge in [-0.1, -0.05) is 45.4 Å². The number of pyridine rings is 1. The molecule has 0 bridgehead atoms. The van der Waals surface area contributed by atoms with Gasteiger partial charge in [0.05, 0.1) is 11.2 Å². The third-order valence-electron chi connectivity index (χ3n) is 3.27. The first-order valence-corrected chi connectivity index (χ1v) is 7.03. The number of fused-ring (bicyclic) bond motifs is 1. The monoisotopic (exact) mass is 257 g/mol. The van der Waals surface area contributed by atoms with Crippen LogP contribution in [0.5, 0.6) is 0 Å². The number of nitrogen functional groups attached to an aromatic ring is 1. The summed E-state index contributed by atoms with van der Waals surface area (Å²) in [5.41, 5.74) is 7.29. The van der Waals surface area contributed by atoms with Crippen LogP contribution < -0.4 is 11.3 Å². The topological polar surface area (TPSA) is 50.9 Å². The lowest BCUT2D eigenvalue weighted by molar-refractivity contribution is 0.637. The van der Waals surface area contributed by atoms with E-state index in [0.717, 1.165) is 41.5 Å². The second-order valence-electron chi connectivity index (χ2n) is 5.47. The zero-order chi connectivity index (χ0) is 13.8. The molecule has 0 aliphatic heterocycles. The number of hydrazine groups is 1. The second-order valence-corrected chi connectivity index (χ2v) is 5.47. The van der Waals surface area contributed by atoms with Gasteiger partial charge in [0.25, 0.3) is 0 Å². The molecule has 0 radical (unpaired) electrons. The van der Waals surface area contributed by atoms with Crippen molar-refractivity contribution in [3.63, 3.8) is 0 Å². The Morgan fingerprint density at radius 3 is 2.74 bits per heavy atom. The van der Waals surface area contributed by atoms with Crippen LogP contribution in [-0.2, 0) is 12.8 Å². The average molecular weight is 257 g/mol. The number of hydrogen-bond acceptors (Lipinski definition) is 3. The summed E-state index contributed by atoms with van der Waals surface area (Å²) in [4.78, 5) is 4.85.